The summed E-state index contributed by atoms with van der Waals surface area (Å²) in [6, 6.07) is 7.69. The van der Waals surface area contributed by atoms with Crippen molar-refractivity contribution in [3.05, 3.63) is 57.2 Å². The first kappa shape index (κ1) is 27.6. The van der Waals surface area contributed by atoms with Crippen LogP contribution >= 0.6 is 23.2 Å². The fraction of sp³-hybridized carbons (Fsp3) is 0.519. The summed E-state index contributed by atoms with van der Waals surface area (Å²) in [5, 5.41) is 16.1. The summed E-state index contributed by atoms with van der Waals surface area (Å²) in [6.45, 7) is 4.08. The van der Waals surface area contributed by atoms with Gasteiger partial charge in [-0.15, -0.1) is 0 Å². The number of carbonyl (C=O) groups excluding carboxylic acids is 1. The first-order valence-corrected chi connectivity index (χ1v) is 13.7. The molecule has 2 aliphatic heterocycles. The maximum absolute atomic E-state index is 12.5. The molecule has 0 aliphatic carbocycles. The van der Waals surface area contributed by atoms with E-state index in [4.69, 9.17) is 32.9 Å². The monoisotopic (exact) mass is 548 g/mol. The lowest BCUT2D eigenvalue weighted by Gasteiger charge is -2.32. The summed E-state index contributed by atoms with van der Waals surface area (Å²) in [5.41, 5.74) is 2.65. The number of ether oxygens (including phenoxy) is 1. The van der Waals surface area contributed by atoms with E-state index in [-0.39, 0.29) is 24.7 Å². The number of piperidine rings is 1. The molecule has 1 saturated heterocycles. The number of likely N-dealkylation sites (tertiary alicyclic amines) is 1. The Morgan fingerprint density at radius 2 is 2.03 bits per heavy atom. The van der Waals surface area contributed by atoms with E-state index in [0.717, 1.165) is 76.2 Å². The number of pyridine rings is 1. The van der Waals surface area contributed by atoms with Crippen molar-refractivity contribution in [2.24, 2.45) is 0 Å². The lowest BCUT2D eigenvalue weighted by atomic mass is 10.1. The normalized spacial score (nSPS) is 18.5. The molecule has 2 aromatic rings. The molecule has 3 N–H and O–H groups in total. The lowest BCUT2D eigenvalue weighted by Crippen LogP contribution is -2.43. The predicted octanol–water partition coefficient (Wildman–Crippen LogP) is 4.43. The quantitative estimate of drug-likeness (QED) is 0.381. The number of amides is 1. The molecule has 1 aromatic heterocycles. The molecule has 3 heterocycles. The topological polar surface area (TPSA) is 104 Å². The maximum Gasteiger partial charge on any atom is 0.326 e. The number of anilines is 1. The Morgan fingerprint density at radius 1 is 1.22 bits per heavy atom. The van der Waals surface area contributed by atoms with Crippen LogP contribution in [-0.4, -0.2) is 71.8 Å². The summed E-state index contributed by atoms with van der Waals surface area (Å²) in [7, 11) is 0. The van der Waals surface area contributed by atoms with Crippen LogP contribution in [0.15, 0.2) is 30.3 Å². The van der Waals surface area contributed by atoms with Gasteiger partial charge in [-0.3, -0.25) is 4.79 Å². The van der Waals surface area contributed by atoms with Crippen molar-refractivity contribution >= 4 is 40.9 Å². The van der Waals surface area contributed by atoms with Crippen LogP contribution < -0.4 is 10.6 Å². The number of carboxylic acid groups (broad SMARTS) is 1. The second-order valence-electron chi connectivity index (χ2n) is 9.69. The van der Waals surface area contributed by atoms with Crippen LogP contribution in [0, 0.1) is 0 Å². The molecule has 0 spiro atoms. The molecule has 8 nitrogen and oxygen atoms in total. The summed E-state index contributed by atoms with van der Waals surface area (Å²) >= 11 is 11.9. The number of aliphatic carboxylic acids is 1. The number of nitrogens with zero attached hydrogens (tertiary/aromatic N) is 2. The standard InChI is InChI=1S/C27H34Cl2N4O4/c28-20-14-19(15-21(29)16-20)26(34)32-24(27(35)36)9-13-37-23-6-3-12-33(17-23)11-2-5-22-8-7-18-4-1-10-30-25(18)31-22/h7-8,14-16,23-24H,1-6,9-13,17H2,(H,30,31)(H,32,34)(H,35,36)/t23-,24+/m1/s1. The number of rotatable bonds is 11. The van der Waals surface area contributed by atoms with Gasteiger partial charge in [0.25, 0.3) is 5.91 Å². The zero-order valence-corrected chi connectivity index (χ0v) is 22.4. The van der Waals surface area contributed by atoms with Gasteiger partial charge in [-0.25, -0.2) is 9.78 Å². The van der Waals surface area contributed by atoms with Crippen molar-refractivity contribution in [3.63, 3.8) is 0 Å². The summed E-state index contributed by atoms with van der Waals surface area (Å²) in [4.78, 5) is 31.4. The van der Waals surface area contributed by atoms with Crippen molar-refractivity contribution in [1.29, 1.82) is 0 Å². The van der Waals surface area contributed by atoms with Gasteiger partial charge in [0.2, 0.25) is 0 Å². The molecule has 4 rings (SSSR count). The molecule has 1 fully saturated rings. The van der Waals surface area contributed by atoms with Gasteiger partial charge >= 0.3 is 5.97 Å². The highest BCUT2D eigenvalue weighted by atomic mass is 35.5. The number of hydrogen-bond acceptors (Lipinski definition) is 6. The fourth-order valence-corrected chi connectivity index (χ4v) is 5.41. The Balaban J connectivity index is 1.18. The highest BCUT2D eigenvalue weighted by Gasteiger charge is 2.24. The Kier molecular flexibility index (Phi) is 10.0. The molecule has 2 aliphatic rings. The SMILES string of the molecule is O=C(N[C@@H](CCO[C@@H]1CCCN(CCCc2ccc3c(n2)NCCC3)C1)C(=O)O)c1cc(Cl)cc(Cl)c1. The van der Waals surface area contributed by atoms with Crippen LogP contribution in [0.25, 0.3) is 0 Å². The molecule has 0 unspecified atom stereocenters. The van der Waals surface area contributed by atoms with Gasteiger partial charge in [-0.1, -0.05) is 29.3 Å². The van der Waals surface area contributed by atoms with Gasteiger partial charge < -0.3 is 25.4 Å². The molecule has 2 atom stereocenters. The van der Waals surface area contributed by atoms with Gasteiger partial charge in [0.1, 0.15) is 11.9 Å². The van der Waals surface area contributed by atoms with Crippen molar-refractivity contribution in [3.8, 4) is 0 Å². The van der Waals surface area contributed by atoms with Crippen molar-refractivity contribution in [2.45, 2.75) is 57.1 Å². The van der Waals surface area contributed by atoms with Crippen LogP contribution in [-0.2, 0) is 22.4 Å². The molecule has 1 amide bonds. The first-order chi connectivity index (χ1) is 17.9. The van der Waals surface area contributed by atoms with E-state index >= 15 is 0 Å². The molecular weight excluding hydrogens is 515 g/mol. The molecule has 200 valence electrons. The van der Waals surface area contributed by atoms with Crippen LogP contribution in [0.3, 0.4) is 0 Å². The number of fused-ring (bicyclic) bond motifs is 1. The Labute approximate surface area is 227 Å². The number of aryl methyl sites for hydroxylation is 2. The fourth-order valence-electron chi connectivity index (χ4n) is 4.88. The van der Waals surface area contributed by atoms with Gasteiger partial charge in [0, 0.05) is 47.4 Å². The smallest absolute Gasteiger partial charge is 0.326 e. The van der Waals surface area contributed by atoms with E-state index in [0.29, 0.717) is 10.0 Å². The molecular formula is C27H34Cl2N4O4. The van der Waals surface area contributed by atoms with Gasteiger partial charge in [0.05, 0.1) is 6.10 Å². The molecule has 0 saturated carbocycles. The second-order valence-corrected chi connectivity index (χ2v) is 10.6. The molecule has 37 heavy (non-hydrogen) atoms. The number of carboxylic acids is 1. The van der Waals surface area contributed by atoms with Gasteiger partial charge in [-0.2, -0.15) is 0 Å². The van der Waals surface area contributed by atoms with E-state index in [9.17, 15) is 14.7 Å². The van der Waals surface area contributed by atoms with E-state index < -0.39 is 17.9 Å². The highest BCUT2D eigenvalue weighted by Crippen LogP contribution is 2.21. The third kappa shape index (κ3) is 8.30. The van der Waals surface area contributed by atoms with Crippen molar-refractivity contribution in [2.75, 3.05) is 38.1 Å². The van der Waals surface area contributed by atoms with E-state index in [1.165, 1.54) is 23.8 Å². The number of halogens is 2. The largest absolute Gasteiger partial charge is 0.480 e. The number of hydrogen-bond donors (Lipinski definition) is 3. The van der Waals surface area contributed by atoms with E-state index in [1.54, 1.807) is 0 Å². The highest BCUT2D eigenvalue weighted by molar-refractivity contribution is 6.35. The van der Waals surface area contributed by atoms with Crippen molar-refractivity contribution < 1.29 is 19.4 Å². The number of benzene rings is 1. The van der Waals surface area contributed by atoms with E-state index in [1.807, 2.05) is 0 Å². The van der Waals surface area contributed by atoms with Crippen LogP contribution in [0.5, 0.6) is 0 Å². The zero-order chi connectivity index (χ0) is 26.2. The number of carbonyl (C=O) groups is 2. The average molecular weight is 549 g/mol. The maximum atomic E-state index is 12.5. The first-order valence-electron chi connectivity index (χ1n) is 12.9. The lowest BCUT2D eigenvalue weighted by molar-refractivity contribution is -0.140. The van der Waals surface area contributed by atoms with Crippen molar-refractivity contribution in [1.82, 2.24) is 15.2 Å². The van der Waals surface area contributed by atoms with Gasteiger partial charge in [0.15, 0.2) is 0 Å². The summed E-state index contributed by atoms with van der Waals surface area (Å²) in [6.07, 6.45) is 6.44. The zero-order valence-electron chi connectivity index (χ0n) is 20.8. The minimum absolute atomic E-state index is 0.0525. The molecule has 10 heteroatoms. The number of aromatic nitrogens is 1. The average Bonchev–Trinajstić information content (AvgIpc) is 2.87. The third-order valence-electron chi connectivity index (χ3n) is 6.81. The summed E-state index contributed by atoms with van der Waals surface area (Å²) in [5.74, 6) is -0.603. The Hall–Kier alpha value is -2.39. The number of nitrogens with one attached hydrogen (secondary N) is 2. The molecule has 0 radical (unpaired) electrons. The predicted molar refractivity (Wildman–Crippen MR) is 145 cm³/mol. The Morgan fingerprint density at radius 3 is 2.81 bits per heavy atom. The minimum atomic E-state index is -1.11. The summed E-state index contributed by atoms with van der Waals surface area (Å²) < 4.78 is 6.03. The second kappa shape index (κ2) is 13.4. The molecule has 0 bridgehead atoms. The van der Waals surface area contributed by atoms with Crippen LogP contribution in [0.1, 0.15) is 53.7 Å². The van der Waals surface area contributed by atoms with Crippen LogP contribution in [0.4, 0.5) is 5.82 Å². The van der Waals surface area contributed by atoms with Crippen LogP contribution in [0.2, 0.25) is 10.0 Å². The molecule has 1 aromatic carbocycles. The minimum Gasteiger partial charge on any atom is -0.480 e. The Bertz CT molecular complexity index is 1080. The third-order valence-corrected chi connectivity index (χ3v) is 7.25. The van der Waals surface area contributed by atoms with Gasteiger partial charge in [-0.05, 0) is 81.4 Å². The van der Waals surface area contributed by atoms with E-state index in [2.05, 4.69) is 27.7 Å².